The van der Waals surface area contributed by atoms with Crippen LogP contribution in [0.25, 0.3) is 0 Å². The normalized spacial score (nSPS) is 26.8. The van der Waals surface area contributed by atoms with Gasteiger partial charge >= 0.3 is 0 Å². The van der Waals surface area contributed by atoms with Crippen molar-refractivity contribution in [3.63, 3.8) is 0 Å². The molecule has 5 nitrogen and oxygen atoms in total. The van der Waals surface area contributed by atoms with Gasteiger partial charge in [-0.3, -0.25) is 14.7 Å². The molecule has 4 rings (SSSR count). The van der Waals surface area contributed by atoms with E-state index in [0.717, 1.165) is 38.9 Å². The Morgan fingerprint density at radius 1 is 1.40 bits per heavy atom. The summed E-state index contributed by atoms with van der Waals surface area (Å²) in [5.74, 6) is -0.0161. The van der Waals surface area contributed by atoms with Gasteiger partial charge in [-0.1, -0.05) is 0 Å². The standard InChI is InChI=1S/C19H23N3O2S/c23-18(16-1-6-20-7-2-16)21-17-3-9-24-19(11-17)5-8-22(14-19)12-15-4-10-25-13-15/h1-2,4,6-7,10,13,17H,3,5,8-9,11-12,14H2,(H,21,23)/t17-,19-/m1/s1. The molecule has 0 aliphatic carbocycles. The number of carbonyl (C=O) groups excluding carboxylic acids is 1. The van der Waals surface area contributed by atoms with Crippen LogP contribution in [0.4, 0.5) is 0 Å². The minimum absolute atomic E-state index is 0.0161. The first kappa shape index (κ1) is 16.7. The Kier molecular flexibility index (Phi) is 4.83. The number of ether oxygens (including phenoxy) is 1. The Balaban J connectivity index is 1.35. The molecule has 0 radical (unpaired) electrons. The molecule has 2 atom stereocenters. The van der Waals surface area contributed by atoms with Crippen molar-refractivity contribution in [2.75, 3.05) is 19.7 Å². The number of nitrogens with zero attached hydrogens (tertiary/aromatic N) is 2. The van der Waals surface area contributed by atoms with Gasteiger partial charge in [-0.25, -0.2) is 0 Å². The van der Waals surface area contributed by atoms with Crippen LogP contribution in [0.1, 0.15) is 35.2 Å². The Bertz CT molecular complexity index is 707. The lowest BCUT2D eigenvalue weighted by atomic mass is 9.89. The molecule has 25 heavy (non-hydrogen) atoms. The van der Waals surface area contributed by atoms with Crippen molar-refractivity contribution in [2.45, 2.75) is 37.5 Å². The lowest BCUT2D eigenvalue weighted by molar-refractivity contribution is -0.0793. The number of thiophene rings is 1. The third kappa shape index (κ3) is 3.92. The number of nitrogens with one attached hydrogen (secondary N) is 1. The summed E-state index contributed by atoms with van der Waals surface area (Å²) in [6.07, 6.45) is 6.12. The van der Waals surface area contributed by atoms with Crippen molar-refractivity contribution < 1.29 is 9.53 Å². The highest BCUT2D eigenvalue weighted by Crippen LogP contribution is 2.35. The van der Waals surface area contributed by atoms with Gasteiger partial charge in [0.05, 0.1) is 5.60 Å². The number of pyridine rings is 1. The lowest BCUT2D eigenvalue weighted by Crippen LogP contribution is -2.49. The van der Waals surface area contributed by atoms with Gasteiger partial charge in [-0.05, 0) is 53.8 Å². The first-order valence-corrected chi connectivity index (χ1v) is 9.75. The van der Waals surface area contributed by atoms with E-state index in [9.17, 15) is 4.79 Å². The topological polar surface area (TPSA) is 54.5 Å². The molecule has 0 unspecified atom stereocenters. The summed E-state index contributed by atoms with van der Waals surface area (Å²) in [6, 6.07) is 5.87. The third-order valence-corrected chi connectivity index (χ3v) is 5.88. The van der Waals surface area contributed by atoms with E-state index in [1.165, 1.54) is 5.56 Å². The molecule has 0 saturated carbocycles. The van der Waals surface area contributed by atoms with Crippen LogP contribution in [0.2, 0.25) is 0 Å². The smallest absolute Gasteiger partial charge is 0.251 e. The van der Waals surface area contributed by atoms with E-state index in [4.69, 9.17) is 4.74 Å². The van der Waals surface area contributed by atoms with E-state index >= 15 is 0 Å². The second-order valence-corrected chi connectivity index (χ2v) is 7.80. The molecule has 2 saturated heterocycles. The van der Waals surface area contributed by atoms with E-state index in [0.29, 0.717) is 12.2 Å². The molecule has 1 N–H and O–H groups in total. The number of hydrogen-bond donors (Lipinski definition) is 1. The fourth-order valence-electron chi connectivity index (χ4n) is 3.91. The monoisotopic (exact) mass is 357 g/mol. The molecular weight excluding hydrogens is 334 g/mol. The van der Waals surface area contributed by atoms with Crippen LogP contribution < -0.4 is 5.32 Å². The van der Waals surface area contributed by atoms with Crippen LogP contribution in [-0.2, 0) is 11.3 Å². The molecular formula is C19H23N3O2S. The maximum Gasteiger partial charge on any atom is 0.251 e. The second kappa shape index (κ2) is 7.23. The Labute approximate surface area is 152 Å². The Morgan fingerprint density at radius 2 is 2.28 bits per heavy atom. The van der Waals surface area contributed by atoms with Gasteiger partial charge < -0.3 is 10.1 Å². The van der Waals surface area contributed by atoms with Gasteiger partial charge in [0.25, 0.3) is 5.91 Å². The molecule has 0 bridgehead atoms. The molecule has 4 heterocycles. The Hall–Kier alpha value is -1.76. The highest BCUT2D eigenvalue weighted by atomic mass is 32.1. The quantitative estimate of drug-likeness (QED) is 0.914. The maximum absolute atomic E-state index is 12.4. The van der Waals surface area contributed by atoms with E-state index in [-0.39, 0.29) is 17.6 Å². The molecule has 1 spiro atoms. The van der Waals surface area contributed by atoms with Crippen molar-refractivity contribution in [3.8, 4) is 0 Å². The summed E-state index contributed by atoms with van der Waals surface area (Å²) in [6.45, 7) is 3.71. The highest BCUT2D eigenvalue weighted by Gasteiger charge is 2.43. The molecule has 1 amide bonds. The molecule has 0 aromatic carbocycles. The van der Waals surface area contributed by atoms with Crippen molar-refractivity contribution in [1.82, 2.24) is 15.2 Å². The summed E-state index contributed by atoms with van der Waals surface area (Å²) in [5.41, 5.74) is 1.94. The molecule has 2 aromatic rings. The van der Waals surface area contributed by atoms with Crippen LogP contribution in [0.3, 0.4) is 0 Å². The van der Waals surface area contributed by atoms with Gasteiger partial charge in [0.2, 0.25) is 0 Å². The van der Waals surface area contributed by atoms with Crippen LogP contribution in [0.5, 0.6) is 0 Å². The van der Waals surface area contributed by atoms with Crippen LogP contribution >= 0.6 is 11.3 Å². The average molecular weight is 357 g/mol. The van der Waals surface area contributed by atoms with E-state index in [2.05, 4.69) is 32.0 Å². The van der Waals surface area contributed by atoms with E-state index < -0.39 is 0 Å². The third-order valence-electron chi connectivity index (χ3n) is 5.15. The zero-order chi connectivity index (χ0) is 17.1. The molecule has 6 heteroatoms. The number of carbonyl (C=O) groups is 1. The number of aromatic nitrogens is 1. The summed E-state index contributed by atoms with van der Waals surface area (Å²) in [4.78, 5) is 18.8. The second-order valence-electron chi connectivity index (χ2n) is 7.02. The summed E-state index contributed by atoms with van der Waals surface area (Å²) < 4.78 is 6.19. The molecule has 2 aliphatic rings. The number of amides is 1. The minimum Gasteiger partial charge on any atom is -0.373 e. The zero-order valence-electron chi connectivity index (χ0n) is 14.2. The van der Waals surface area contributed by atoms with E-state index in [1.54, 1.807) is 35.9 Å². The predicted octanol–water partition coefficient (Wildman–Crippen LogP) is 2.70. The van der Waals surface area contributed by atoms with Crippen molar-refractivity contribution in [3.05, 3.63) is 52.5 Å². The molecule has 2 aromatic heterocycles. The number of hydrogen-bond acceptors (Lipinski definition) is 5. The highest BCUT2D eigenvalue weighted by molar-refractivity contribution is 7.07. The fourth-order valence-corrected chi connectivity index (χ4v) is 4.57. The maximum atomic E-state index is 12.4. The predicted molar refractivity (Wildman–Crippen MR) is 97.6 cm³/mol. The van der Waals surface area contributed by atoms with Gasteiger partial charge in [-0.2, -0.15) is 11.3 Å². The van der Waals surface area contributed by atoms with Gasteiger partial charge in [0.1, 0.15) is 0 Å². The summed E-state index contributed by atoms with van der Waals surface area (Å²) >= 11 is 1.75. The van der Waals surface area contributed by atoms with Crippen molar-refractivity contribution in [2.24, 2.45) is 0 Å². The minimum atomic E-state index is -0.107. The molecule has 2 aliphatic heterocycles. The van der Waals surface area contributed by atoms with Crippen LogP contribution in [0.15, 0.2) is 41.4 Å². The van der Waals surface area contributed by atoms with Crippen LogP contribution in [-0.4, -0.2) is 47.1 Å². The first-order valence-electron chi connectivity index (χ1n) is 8.81. The number of likely N-dealkylation sites (tertiary alicyclic amines) is 1. The lowest BCUT2D eigenvalue weighted by Gasteiger charge is -2.38. The van der Waals surface area contributed by atoms with Crippen LogP contribution in [0, 0.1) is 0 Å². The van der Waals surface area contributed by atoms with Gasteiger partial charge in [0, 0.05) is 50.2 Å². The van der Waals surface area contributed by atoms with Gasteiger partial charge in [0.15, 0.2) is 0 Å². The number of rotatable bonds is 4. The molecule has 132 valence electrons. The fraction of sp³-hybridized carbons (Fsp3) is 0.474. The van der Waals surface area contributed by atoms with Crippen molar-refractivity contribution in [1.29, 1.82) is 0 Å². The zero-order valence-corrected chi connectivity index (χ0v) is 15.0. The van der Waals surface area contributed by atoms with Crippen molar-refractivity contribution >= 4 is 17.2 Å². The summed E-state index contributed by atoms with van der Waals surface area (Å²) in [7, 11) is 0. The van der Waals surface area contributed by atoms with Gasteiger partial charge in [-0.15, -0.1) is 0 Å². The largest absolute Gasteiger partial charge is 0.373 e. The first-order chi connectivity index (χ1) is 12.2. The SMILES string of the molecule is O=C(N[C@@H]1CCO[C@]2(CCN(Cc3ccsc3)C2)C1)c1ccncc1. The Morgan fingerprint density at radius 3 is 3.08 bits per heavy atom. The van der Waals surface area contributed by atoms with E-state index in [1.807, 2.05) is 0 Å². The summed E-state index contributed by atoms with van der Waals surface area (Å²) in [5, 5.41) is 7.52. The molecule has 2 fully saturated rings. The average Bonchev–Trinajstić information content (AvgIpc) is 3.27.